The van der Waals surface area contributed by atoms with Crippen molar-refractivity contribution in [2.45, 2.75) is 5.03 Å². The van der Waals surface area contributed by atoms with Gasteiger partial charge in [-0.25, -0.2) is 4.98 Å². The number of nitrogens with zero attached hydrogens (tertiary/aromatic N) is 2. The Kier molecular flexibility index (Phi) is 3.62. The number of sulfonamides is 1. The number of nitrogens with one attached hydrogen (secondary N) is 1. The van der Waals surface area contributed by atoms with Crippen LogP contribution in [0.15, 0.2) is 29.6 Å². The number of imidazole rings is 1. The second kappa shape index (κ2) is 4.92. The Labute approximate surface area is 120 Å². The van der Waals surface area contributed by atoms with Crippen LogP contribution in [0.2, 0.25) is 10.0 Å². The molecule has 1 aromatic carbocycles. The van der Waals surface area contributed by atoms with E-state index in [0.29, 0.717) is 5.02 Å². The van der Waals surface area contributed by atoms with Gasteiger partial charge in [0.1, 0.15) is 0 Å². The minimum atomic E-state index is -3.87. The van der Waals surface area contributed by atoms with Gasteiger partial charge < -0.3 is 10.3 Å². The Bertz CT molecular complexity index is 708. The SMILES string of the molecule is Cn1cnc(N)c1S(=O)(=O)Nc1ccc(Cl)cc1Cl. The van der Waals surface area contributed by atoms with E-state index >= 15 is 0 Å². The molecule has 0 saturated carbocycles. The Morgan fingerprint density at radius 1 is 1.37 bits per heavy atom. The van der Waals surface area contributed by atoms with Crippen molar-refractivity contribution in [3.63, 3.8) is 0 Å². The van der Waals surface area contributed by atoms with Crippen LogP contribution in [0.4, 0.5) is 11.5 Å². The van der Waals surface area contributed by atoms with E-state index in [4.69, 9.17) is 28.9 Å². The molecule has 102 valence electrons. The van der Waals surface area contributed by atoms with E-state index in [1.807, 2.05) is 0 Å². The van der Waals surface area contributed by atoms with Crippen LogP contribution < -0.4 is 10.5 Å². The van der Waals surface area contributed by atoms with E-state index in [2.05, 4.69) is 9.71 Å². The summed E-state index contributed by atoms with van der Waals surface area (Å²) in [6, 6.07) is 4.43. The third-order valence-electron chi connectivity index (χ3n) is 2.34. The van der Waals surface area contributed by atoms with Gasteiger partial charge in [-0.05, 0) is 18.2 Å². The van der Waals surface area contributed by atoms with E-state index < -0.39 is 10.0 Å². The van der Waals surface area contributed by atoms with Gasteiger partial charge in [0.2, 0.25) is 0 Å². The molecule has 9 heteroatoms. The molecule has 19 heavy (non-hydrogen) atoms. The van der Waals surface area contributed by atoms with Gasteiger partial charge >= 0.3 is 0 Å². The molecular weight excluding hydrogens is 311 g/mol. The van der Waals surface area contributed by atoms with Crippen molar-refractivity contribution < 1.29 is 8.42 Å². The zero-order chi connectivity index (χ0) is 14.2. The average molecular weight is 321 g/mol. The molecule has 0 aliphatic heterocycles. The van der Waals surface area contributed by atoms with Gasteiger partial charge in [0.25, 0.3) is 10.0 Å². The molecule has 0 aliphatic rings. The molecule has 0 unspecified atom stereocenters. The van der Waals surface area contributed by atoms with Crippen LogP contribution in [-0.4, -0.2) is 18.0 Å². The van der Waals surface area contributed by atoms with E-state index in [1.165, 1.54) is 36.1 Å². The minimum absolute atomic E-state index is 0.0833. The number of nitrogens with two attached hydrogens (primary N) is 1. The smallest absolute Gasteiger partial charge is 0.281 e. The lowest BCUT2D eigenvalue weighted by atomic mass is 10.3. The largest absolute Gasteiger partial charge is 0.381 e. The number of aryl methyl sites for hydroxylation is 1. The van der Waals surface area contributed by atoms with Crippen molar-refractivity contribution in [3.05, 3.63) is 34.6 Å². The van der Waals surface area contributed by atoms with Crippen molar-refractivity contribution >= 4 is 44.7 Å². The van der Waals surface area contributed by atoms with Gasteiger partial charge in [-0.1, -0.05) is 23.2 Å². The lowest BCUT2D eigenvalue weighted by molar-refractivity contribution is 0.592. The van der Waals surface area contributed by atoms with Crippen LogP contribution in [0.25, 0.3) is 0 Å². The molecule has 0 atom stereocenters. The number of halogens is 2. The first-order valence-corrected chi connectivity index (χ1v) is 7.30. The Morgan fingerprint density at radius 3 is 2.58 bits per heavy atom. The predicted octanol–water partition coefficient (Wildman–Crippen LogP) is 2.11. The number of aromatic nitrogens is 2. The number of anilines is 2. The van der Waals surface area contributed by atoms with Gasteiger partial charge in [0.15, 0.2) is 10.8 Å². The van der Waals surface area contributed by atoms with Crippen molar-refractivity contribution in [2.24, 2.45) is 7.05 Å². The number of rotatable bonds is 3. The second-order valence-corrected chi connectivity index (χ2v) is 6.22. The summed E-state index contributed by atoms with van der Waals surface area (Å²) in [4.78, 5) is 3.73. The number of hydrogen-bond donors (Lipinski definition) is 2. The molecule has 0 spiro atoms. The molecule has 6 nitrogen and oxygen atoms in total. The fraction of sp³-hybridized carbons (Fsp3) is 0.100. The zero-order valence-corrected chi connectivity index (χ0v) is 12.1. The Balaban J connectivity index is 2.42. The maximum absolute atomic E-state index is 12.2. The zero-order valence-electron chi connectivity index (χ0n) is 9.76. The number of benzene rings is 1. The highest BCUT2D eigenvalue weighted by molar-refractivity contribution is 7.92. The summed E-state index contributed by atoms with van der Waals surface area (Å²) in [5.74, 6) is -0.0833. The molecule has 1 heterocycles. The van der Waals surface area contributed by atoms with Crippen LogP contribution in [0, 0.1) is 0 Å². The maximum atomic E-state index is 12.2. The summed E-state index contributed by atoms with van der Waals surface area (Å²) in [5.41, 5.74) is 5.75. The molecule has 0 aliphatic carbocycles. The topological polar surface area (TPSA) is 90.0 Å². The summed E-state index contributed by atoms with van der Waals surface area (Å²) >= 11 is 11.7. The molecule has 0 fully saturated rings. The first-order valence-electron chi connectivity index (χ1n) is 5.06. The monoisotopic (exact) mass is 320 g/mol. The van der Waals surface area contributed by atoms with Gasteiger partial charge in [-0.15, -0.1) is 0 Å². The van der Waals surface area contributed by atoms with Crippen LogP contribution in [0.1, 0.15) is 0 Å². The second-order valence-electron chi connectivity index (χ2n) is 3.78. The highest BCUT2D eigenvalue weighted by Gasteiger charge is 2.23. The molecule has 0 bridgehead atoms. The quantitative estimate of drug-likeness (QED) is 0.906. The van der Waals surface area contributed by atoms with Crippen molar-refractivity contribution in [2.75, 3.05) is 10.5 Å². The Hall–Kier alpha value is -1.44. The summed E-state index contributed by atoms with van der Waals surface area (Å²) < 4.78 is 28.0. The standard InChI is InChI=1S/C10H10Cl2N4O2S/c1-16-5-14-9(13)10(16)19(17,18)15-8-3-2-6(11)4-7(8)12/h2-5,15H,13H2,1H3. The number of hydrogen-bond acceptors (Lipinski definition) is 4. The molecule has 0 amide bonds. The molecular formula is C10H10Cl2N4O2S. The van der Waals surface area contributed by atoms with Gasteiger partial charge in [0.05, 0.1) is 17.0 Å². The molecule has 0 radical (unpaired) electrons. The molecule has 2 rings (SSSR count). The van der Waals surface area contributed by atoms with E-state index in [0.717, 1.165) is 0 Å². The van der Waals surface area contributed by atoms with Gasteiger partial charge in [-0.3, -0.25) is 4.72 Å². The van der Waals surface area contributed by atoms with Gasteiger partial charge in [-0.2, -0.15) is 8.42 Å². The highest BCUT2D eigenvalue weighted by Crippen LogP contribution is 2.28. The lowest BCUT2D eigenvalue weighted by Gasteiger charge is -2.10. The normalized spacial score (nSPS) is 11.5. The summed E-state index contributed by atoms with van der Waals surface area (Å²) in [7, 11) is -2.34. The summed E-state index contributed by atoms with van der Waals surface area (Å²) in [6.07, 6.45) is 1.31. The Morgan fingerprint density at radius 2 is 2.05 bits per heavy atom. The third-order valence-corrected chi connectivity index (χ3v) is 4.38. The van der Waals surface area contributed by atoms with E-state index in [1.54, 1.807) is 0 Å². The lowest BCUT2D eigenvalue weighted by Crippen LogP contribution is -2.17. The first kappa shape index (κ1) is 14.0. The molecule has 3 N–H and O–H groups in total. The van der Waals surface area contributed by atoms with Crippen LogP contribution in [-0.2, 0) is 17.1 Å². The van der Waals surface area contributed by atoms with Crippen molar-refractivity contribution in [1.82, 2.24) is 9.55 Å². The summed E-state index contributed by atoms with van der Waals surface area (Å²) in [5, 5.41) is 0.475. The first-order chi connectivity index (χ1) is 8.81. The summed E-state index contributed by atoms with van der Waals surface area (Å²) in [6.45, 7) is 0. The number of nitrogen functional groups attached to an aromatic ring is 1. The maximum Gasteiger partial charge on any atom is 0.281 e. The molecule has 1 aromatic heterocycles. The minimum Gasteiger partial charge on any atom is -0.381 e. The fourth-order valence-corrected chi connectivity index (χ4v) is 3.36. The van der Waals surface area contributed by atoms with Crippen molar-refractivity contribution in [1.29, 1.82) is 0 Å². The van der Waals surface area contributed by atoms with Crippen LogP contribution in [0.3, 0.4) is 0 Å². The molecule has 0 saturated heterocycles. The van der Waals surface area contributed by atoms with Crippen LogP contribution >= 0.6 is 23.2 Å². The van der Waals surface area contributed by atoms with E-state index in [9.17, 15) is 8.42 Å². The van der Waals surface area contributed by atoms with E-state index in [-0.39, 0.29) is 21.6 Å². The van der Waals surface area contributed by atoms with Crippen LogP contribution in [0.5, 0.6) is 0 Å². The van der Waals surface area contributed by atoms with Gasteiger partial charge in [0, 0.05) is 12.1 Å². The fourth-order valence-electron chi connectivity index (χ4n) is 1.53. The highest BCUT2D eigenvalue weighted by atomic mass is 35.5. The average Bonchev–Trinajstić information content (AvgIpc) is 2.63. The predicted molar refractivity (Wildman–Crippen MR) is 74.9 cm³/mol. The molecule has 2 aromatic rings. The third kappa shape index (κ3) is 2.78. The van der Waals surface area contributed by atoms with Crippen molar-refractivity contribution in [3.8, 4) is 0 Å².